The Morgan fingerprint density at radius 2 is 1.16 bits per heavy atom. The zero-order valence-corrected chi connectivity index (χ0v) is 16.7. The molecule has 2 heterocycles. The van der Waals surface area contributed by atoms with Gasteiger partial charge in [-0.05, 0) is 23.6 Å². The lowest BCUT2D eigenvalue weighted by atomic mass is 9.99. The Hall–Kier alpha value is -4.24. The van der Waals surface area contributed by atoms with Gasteiger partial charge in [0.15, 0.2) is 0 Å². The lowest BCUT2D eigenvalue weighted by Gasteiger charge is -2.16. The standard InChI is InChI=1S/C28H18N2O/c31-28-25-21-15-7-8-16-22(21)26(19-11-3-1-4-12-19)29-27(25)23-17-9-10-18-24(23)30(28)20-13-5-2-6-14-20/h1-18H. The summed E-state index contributed by atoms with van der Waals surface area (Å²) in [5.74, 6) is 0. The van der Waals surface area contributed by atoms with E-state index >= 15 is 0 Å². The largest absolute Gasteiger partial charge is 0.276 e. The highest BCUT2D eigenvalue weighted by molar-refractivity contribution is 6.17. The van der Waals surface area contributed by atoms with Crippen LogP contribution in [0.3, 0.4) is 0 Å². The van der Waals surface area contributed by atoms with Crippen LogP contribution in [0.5, 0.6) is 0 Å². The third-order valence-corrected chi connectivity index (χ3v) is 5.79. The zero-order valence-electron chi connectivity index (χ0n) is 16.7. The number of hydrogen-bond donors (Lipinski definition) is 0. The van der Waals surface area contributed by atoms with Gasteiger partial charge in [0.1, 0.15) is 0 Å². The number of pyridine rings is 2. The smallest absolute Gasteiger partial charge is 0.265 e. The molecule has 0 aliphatic rings. The minimum Gasteiger partial charge on any atom is -0.276 e. The number of rotatable bonds is 2. The summed E-state index contributed by atoms with van der Waals surface area (Å²) in [6, 6.07) is 36.0. The van der Waals surface area contributed by atoms with E-state index in [0.29, 0.717) is 5.39 Å². The van der Waals surface area contributed by atoms with E-state index in [-0.39, 0.29) is 5.56 Å². The molecule has 3 nitrogen and oxygen atoms in total. The molecule has 0 amide bonds. The van der Waals surface area contributed by atoms with Crippen LogP contribution in [-0.4, -0.2) is 9.55 Å². The van der Waals surface area contributed by atoms with Crippen molar-refractivity contribution in [1.29, 1.82) is 0 Å². The lowest BCUT2D eigenvalue weighted by molar-refractivity contribution is 1.06. The van der Waals surface area contributed by atoms with E-state index in [9.17, 15) is 4.79 Å². The Labute approximate surface area is 178 Å². The van der Waals surface area contributed by atoms with Crippen molar-refractivity contribution in [2.75, 3.05) is 0 Å². The highest BCUT2D eigenvalue weighted by Crippen LogP contribution is 2.34. The molecule has 6 rings (SSSR count). The van der Waals surface area contributed by atoms with Crippen LogP contribution in [-0.2, 0) is 0 Å². The predicted molar refractivity (Wildman–Crippen MR) is 128 cm³/mol. The number of benzene rings is 4. The molecule has 0 aliphatic carbocycles. The fourth-order valence-corrected chi connectivity index (χ4v) is 4.41. The number of fused-ring (bicyclic) bond motifs is 5. The monoisotopic (exact) mass is 398 g/mol. The first-order chi connectivity index (χ1) is 15.3. The van der Waals surface area contributed by atoms with Gasteiger partial charge in [0, 0.05) is 22.0 Å². The molecular weight excluding hydrogens is 380 g/mol. The van der Waals surface area contributed by atoms with Crippen LogP contribution < -0.4 is 5.56 Å². The molecular formula is C28H18N2O. The van der Waals surface area contributed by atoms with Gasteiger partial charge in [-0.3, -0.25) is 9.36 Å². The molecule has 6 aromatic rings. The van der Waals surface area contributed by atoms with Crippen molar-refractivity contribution in [1.82, 2.24) is 9.55 Å². The first-order valence-electron chi connectivity index (χ1n) is 10.3. The highest BCUT2D eigenvalue weighted by Gasteiger charge is 2.18. The van der Waals surface area contributed by atoms with Gasteiger partial charge in [-0.1, -0.05) is 91.0 Å². The van der Waals surface area contributed by atoms with E-state index in [1.165, 1.54) is 0 Å². The highest BCUT2D eigenvalue weighted by atomic mass is 16.1. The zero-order chi connectivity index (χ0) is 20.8. The van der Waals surface area contributed by atoms with Gasteiger partial charge >= 0.3 is 0 Å². The third kappa shape index (κ3) is 2.67. The minimum absolute atomic E-state index is 0.0526. The van der Waals surface area contributed by atoms with Gasteiger partial charge in [0.2, 0.25) is 0 Å². The molecule has 0 saturated carbocycles. The van der Waals surface area contributed by atoms with Crippen molar-refractivity contribution in [2.24, 2.45) is 0 Å². The topological polar surface area (TPSA) is 34.9 Å². The first-order valence-corrected chi connectivity index (χ1v) is 10.3. The summed E-state index contributed by atoms with van der Waals surface area (Å²) in [6.45, 7) is 0. The van der Waals surface area contributed by atoms with Crippen LogP contribution in [0.1, 0.15) is 0 Å². The normalized spacial score (nSPS) is 11.4. The van der Waals surface area contributed by atoms with Gasteiger partial charge in [0.25, 0.3) is 5.56 Å². The summed E-state index contributed by atoms with van der Waals surface area (Å²) in [4.78, 5) is 19.0. The maximum atomic E-state index is 13.9. The van der Waals surface area contributed by atoms with E-state index in [1.54, 1.807) is 4.57 Å². The molecule has 3 heteroatoms. The van der Waals surface area contributed by atoms with Crippen molar-refractivity contribution in [2.45, 2.75) is 0 Å². The van der Waals surface area contributed by atoms with Gasteiger partial charge in [0.05, 0.1) is 22.1 Å². The summed E-state index contributed by atoms with van der Waals surface area (Å²) in [5.41, 5.74) is 4.32. The maximum Gasteiger partial charge on any atom is 0.265 e. The molecule has 4 aromatic carbocycles. The first kappa shape index (κ1) is 17.6. The number of hydrogen-bond acceptors (Lipinski definition) is 2. The summed E-state index contributed by atoms with van der Waals surface area (Å²) in [6.07, 6.45) is 0. The molecule has 0 atom stereocenters. The Balaban J connectivity index is 1.88. The average molecular weight is 398 g/mol. The van der Waals surface area contributed by atoms with Crippen molar-refractivity contribution in [3.8, 4) is 16.9 Å². The molecule has 0 bridgehead atoms. The molecule has 0 aliphatic heterocycles. The number of aromatic nitrogens is 2. The summed E-state index contributed by atoms with van der Waals surface area (Å²) in [5, 5.41) is 3.52. The van der Waals surface area contributed by atoms with Gasteiger partial charge in [-0.15, -0.1) is 0 Å². The Morgan fingerprint density at radius 3 is 1.90 bits per heavy atom. The summed E-state index contributed by atoms with van der Waals surface area (Å²) >= 11 is 0. The predicted octanol–water partition coefficient (Wildman–Crippen LogP) is 6.36. The number of nitrogens with zero attached hydrogens (tertiary/aromatic N) is 2. The average Bonchev–Trinajstić information content (AvgIpc) is 2.84. The van der Waals surface area contributed by atoms with Crippen LogP contribution in [0.4, 0.5) is 0 Å². The Morgan fingerprint density at radius 1 is 0.581 bits per heavy atom. The number of para-hydroxylation sites is 2. The van der Waals surface area contributed by atoms with Crippen LogP contribution in [0.2, 0.25) is 0 Å². The van der Waals surface area contributed by atoms with Gasteiger partial charge < -0.3 is 0 Å². The quantitative estimate of drug-likeness (QED) is 0.318. The van der Waals surface area contributed by atoms with Crippen molar-refractivity contribution < 1.29 is 0 Å². The molecule has 0 unspecified atom stereocenters. The van der Waals surface area contributed by atoms with Crippen LogP contribution >= 0.6 is 0 Å². The SMILES string of the molecule is O=c1c2c3ccccc3c(-c3ccccc3)nc2c2ccccc2n1-c1ccccc1. The second kappa shape index (κ2) is 6.92. The second-order valence-corrected chi connectivity index (χ2v) is 7.59. The Kier molecular flexibility index (Phi) is 3.93. The van der Waals surface area contributed by atoms with E-state index in [4.69, 9.17) is 4.98 Å². The molecule has 0 radical (unpaired) electrons. The second-order valence-electron chi connectivity index (χ2n) is 7.59. The summed E-state index contributed by atoms with van der Waals surface area (Å²) < 4.78 is 1.80. The molecule has 146 valence electrons. The van der Waals surface area contributed by atoms with Crippen molar-refractivity contribution in [3.05, 3.63) is 120 Å². The van der Waals surface area contributed by atoms with E-state index in [2.05, 4.69) is 12.1 Å². The Bertz CT molecular complexity index is 1640. The van der Waals surface area contributed by atoms with Crippen LogP contribution in [0.25, 0.3) is 49.5 Å². The molecule has 0 fully saturated rings. The molecule has 31 heavy (non-hydrogen) atoms. The lowest BCUT2D eigenvalue weighted by Crippen LogP contribution is -2.20. The molecule has 0 N–H and O–H groups in total. The van der Waals surface area contributed by atoms with E-state index in [1.807, 2.05) is 97.1 Å². The summed E-state index contributed by atoms with van der Waals surface area (Å²) in [7, 11) is 0. The molecule has 2 aromatic heterocycles. The molecule has 0 spiro atoms. The van der Waals surface area contributed by atoms with E-state index in [0.717, 1.165) is 44.1 Å². The van der Waals surface area contributed by atoms with Crippen LogP contribution in [0.15, 0.2) is 114 Å². The molecule has 0 saturated heterocycles. The van der Waals surface area contributed by atoms with Crippen LogP contribution in [0, 0.1) is 0 Å². The van der Waals surface area contributed by atoms with E-state index < -0.39 is 0 Å². The minimum atomic E-state index is -0.0526. The van der Waals surface area contributed by atoms with Gasteiger partial charge in [-0.25, -0.2) is 4.98 Å². The fraction of sp³-hybridized carbons (Fsp3) is 0. The fourth-order valence-electron chi connectivity index (χ4n) is 4.41. The van der Waals surface area contributed by atoms with Crippen molar-refractivity contribution >= 4 is 32.6 Å². The maximum absolute atomic E-state index is 13.9. The van der Waals surface area contributed by atoms with Crippen molar-refractivity contribution in [3.63, 3.8) is 0 Å². The third-order valence-electron chi connectivity index (χ3n) is 5.79. The van der Waals surface area contributed by atoms with Gasteiger partial charge in [-0.2, -0.15) is 0 Å².